The van der Waals surface area contributed by atoms with Crippen LogP contribution in [0.4, 0.5) is 0 Å². The number of halogens is 1. The predicted molar refractivity (Wildman–Crippen MR) is 55.8 cm³/mol. The Bertz CT molecular complexity index is 516. The number of carbonyl (C=O) groups is 1. The summed E-state index contributed by atoms with van der Waals surface area (Å²) in [5.41, 5.74) is 2.13. The molecule has 4 heteroatoms. The number of Topliss-reactive ketones (excluding diaryl/α,β-unsaturated/α-hetero) is 1. The van der Waals surface area contributed by atoms with Crippen LogP contribution < -0.4 is 0 Å². The van der Waals surface area contributed by atoms with Crippen LogP contribution in [-0.2, 0) is 0 Å². The van der Waals surface area contributed by atoms with E-state index in [0.29, 0.717) is 16.1 Å². The van der Waals surface area contributed by atoms with Gasteiger partial charge < -0.3 is 4.98 Å². The number of aromatic amines is 1. The van der Waals surface area contributed by atoms with E-state index >= 15 is 0 Å². The van der Waals surface area contributed by atoms with Crippen LogP contribution in [0, 0.1) is 6.92 Å². The standard InChI is InChI=1S/C10H9ClN2O/c1-5(14)7-3-8(11)10-9(4-7)12-6(2)13-10/h3-4H,1-2H3,(H,12,13). The number of ketones is 1. The van der Waals surface area contributed by atoms with E-state index < -0.39 is 0 Å². The van der Waals surface area contributed by atoms with Gasteiger partial charge in [-0.3, -0.25) is 4.79 Å². The fourth-order valence-electron chi connectivity index (χ4n) is 1.40. The quantitative estimate of drug-likeness (QED) is 0.733. The highest BCUT2D eigenvalue weighted by Gasteiger charge is 2.08. The average Bonchev–Trinajstić information content (AvgIpc) is 2.45. The Hall–Kier alpha value is -1.35. The molecule has 0 aliphatic carbocycles. The molecule has 0 fully saturated rings. The van der Waals surface area contributed by atoms with Gasteiger partial charge in [0.15, 0.2) is 5.78 Å². The van der Waals surface area contributed by atoms with Gasteiger partial charge in [0.2, 0.25) is 0 Å². The van der Waals surface area contributed by atoms with Crippen molar-refractivity contribution in [3.05, 3.63) is 28.5 Å². The molecular weight excluding hydrogens is 200 g/mol. The van der Waals surface area contributed by atoms with Gasteiger partial charge in [-0.1, -0.05) is 11.6 Å². The third-order valence-electron chi connectivity index (χ3n) is 2.07. The molecule has 1 aromatic carbocycles. The number of rotatable bonds is 1. The third kappa shape index (κ3) is 1.40. The number of carbonyl (C=O) groups excluding carboxylic acids is 1. The van der Waals surface area contributed by atoms with Crippen LogP contribution in [-0.4, -0.2) is 15.8 Å². The molecule has 1 N–H and O–H groups in total. The van der Waals surface area contributed by atoms with E-state index in [9.17, 15) is 4.79 Å². The maximum absolute atomic E-state index is 11.2. The second kappa shape index (κ2) is 3.10. The van der Waals surface area contributed by atoms with E-state index in [4.69, 9.17) is 11.6 Å². The van der Waals surface area contributed by atoms with E-state index in [1.54, 1.807) is 12.1 Å². The van der Waals surface area contributed by atoms with Crippen LogP contribution in [0.2, 0.25) is 5.02 Å². The summed E-state index contributed by atoms with van der Waals surface area (Å²) in [6, 6.07) is 3.41. The molecule has 0 unspecified atom stereocenters. The van der Waals surface area contributed by atoms with Crippen LogP contribution >= 0.6 is 11.6 Å². The molecule has 14 heavy (non-hydrogen) atoms. The Morgan fingerprint density at radius 3 is 2.86 bits per heavy atom. The zero-order valence-corrected chi connectivity index (χ0v) is 8.64. The van der Waals surface area contributed by atoms with Crippen LogP contribution in [0.5, 0.6) is 0 Å². The molecule has 0 spiro atoms. The first kappa shape index (κ1) is 9.21. The number of benzene rings is 1. The first-order valence-electron chi connectivity index (χ1n) is 4.25. The first-order chi connectivity index (χ1) is 6.58. The molecule has 1 heterocycles. The Balaban J connectivity index is 2.77. The lowest BCUT2D eigenvalue weighted by atomic mass is 10.1. The maximum atomic E-state index is 11.2. The summed E-state index contributed by atoms with van der Waals surface area (Å²) in [6.45, 7) is 3.37. The Kier molecular flexibility index (Phi) is 2.04. The highest BCUT2D eigenvalue weighted by atomic mass is 35.5. The molecule has 3 nitrogen and oxygen atoms in total. The average molecular weight is 209 g/mol. The predicted octanol–water partition coefficient (Wildman–Crippen LogP) is 2.73. The summed E-state index contributed by atoms with van der Waals surface area (Å²) in [7, 11) is 0. The fourth-order valence-corrected chi connectivity index (χ4v) is 1.66. The largest absolute Gasteiger partial charge is 0.342 e. The summed E-state index contributed by atoms with van der Waals surface area (Å²) < 4.78 is 0. The Labute approximate surface area is 86.1 Å². The monoisotopic (exact) mass is 208 g/mol. The highest BCUT2D eigenvalue weighted by Crippen LogP contribution is 2.23. The van der Waals surface area contributed by atoms with Crippen LogP contribution in [0.1, 0.15) is 23.1 Å². The number of aryl methyl sites for hydroxylation is 1. The highest BCUT2D eigenvalue weighted by molar-refractivity contribution is 6.35. The molecule has 0 saturated heterocycles. The van der Waals surface area contributed by atoms with Gasteiger partial charge in [0.1, 0.15) is 11.3 Å². The minimum Gasteiger partial charge on any atom is -0.342 e. The second-order valence-electron chi connectivity index (χ2n) is 3.23. The van der Waals surface area contributed by atoms with Crippen molar-refractivity contribution in [1.29, 1.82) is 0 Å². The fraction of sp³-hybridized carbons (Fsp3) is 0.200. The van der Waals surface area contributed by atoms with Crippen molar-refractivity contribution in [1.82, 2.24) is 9.97 Å². The summed E-state index contributed by atoms with van der Waals surface area (Å²) in [6.07, 6.45) is 0. The zero-order chi connectivity index (χ0) is 10.3. The van der Waals surface area contributed by atoms with Gasteiger partial charge in [0, 0.05) is 5.56 Å². The molecule has 0 aliphatic heterocycles. The summed E-state index contributed by atoms with van der Waals surface area (Å²) in [5.74, 6) is 0.795. The minimum absolute atomic E-state index is 0.000975. The van der Waals surface area contributed by atoms with E-state index in [-0.39, 0.29) is 5.78 Å². The van der Waals surface area contributed by atoms with Crippen LogP contribution in [0.25, 0.3) is 11.0 Å². The van der Waals surface area contributed by atoms with Gasteiger partial charge >= 0.3 is 0 Å². The maximum Gasteiger partial charge on any atom is 0.159 e. The summed E-state index contributed by atoms with van der Waals surface area (Å²) >= 11 is 5.98. The zero-order valence-electron chi connectivity index (χ0n) is 7.89. The van der Waals surface area contributed by atoms with Crippen LogP contribution in [0.15, 0.2) is 12.1 Å². The number of fused-ring (bicyclic) bond motifs is 1. The Morgan fingerprint density at radius 2 is 2.21 bits per heavy atom. The first-order valence-corrected chi connectivity index (χ1v) is 4.62. The van der Waals surface area contributed by atoms with Gasteiger partial charge in [0.05, 0.1) is 10.5 Å². The molecule has 0 amide bonds. The van der Waals surface area contributed by atoms with Crippen molar-refractivity contribution < 1.29 is 4.79 Å². The van der Waals surface area contributed by atoms with Gasteiger partial charge in [-0.05, 0) is 26.0 Å². The van der Waals surface area contributed by atoms with Gasteiger partial charge in [-0.25, -0.2) is 4.98 Å². The van der Waals surface area contributed by atoms with E-state index in [0.717, 1.165) is 11.3 Å². The molecule has 1 aromatic heterocycles. The normalized spacial score (nSPS) is 10.8. The lowest BCUT2D eigenvalue weighted by molar-refractivity contribution is 0.101. The summed E-state index contributed by atoms with van der Waals surface area (Å²) in [4.78, 5) is 18.4. The number of nitrogens with one attached hydrogen (secondary N) is 1. The topological polar surface area (TPSA) is 45.8 Å². The van der Waals surface area contributed by atoms with Gasteiger partial charge in [0.25, 0.3) is 0 Å². The minimum atomic E-state index is 0.000975. The van der Waals surface area contributed by atoms with Crippen molar-refractivity contribution in [2.24, 2.45) is 0 Å². The van der Waals surface area contributed by atoms with E-state index in [2.05, 4.69) is 9.97 Å². The Morgan fingerprint density at radius 1 is 1.50 bits per heavy atom. The van der Waals surface area contributed by atoms with Crippen molar-refractivity contribution >= 4 is 28.4 Å². The van der Waals surface area contributed by atoms with Gasteiger partial charge in [-0.2, -0.15) is 0 Å². The summed E-state index contributed by atoms with van der Waals surface area (Å²) in [5, 5.41) is 0.511. The number of hydrogen-bond acceptors (Lipinski definition) is 2. The van der Waals surface area contributed by atoms with E-state index in [1.807, 2.05) is 6.92 Å². The van der Waals surface area contributed by atoms with Crippen molar-refractivity contribution in [3.63, 3.8) is 0 Å². The number of H-pyrrole nitrogens is 1. The molecule has 2 rings (SSSR count). The van der Waals surface area contributed by atoms with E-state index in [1.165, 1.54) is 6.92 Å². The number of imidazole rings is 1. The molecule has 0 atom stereocenters. The van der Waals surface area contributed by atoms with Crippen molar-refractivity contribution in [3.8, 4) is 0 Å². The lowest BCUT2D eigenvalue weighted by Gasteiger charge is -1.97. The third-order valence-corrected chi connectivity index (χ3v) is 2.35. The molecule has 0 bridgehead atoms. The van der Waals surface area contributed by atoms with Gasteiger partial charge in [-0.15, -0.1) is 0 Å². The van der Waals surface area contributed by atoms with Crippen LogP contribution in [0.3, 0.4) is 0 Å². The lowest BCUT2D eigenvalue weighted by Crippen LogP contribution is -1.91. The molecule has 0 aliphatic rings. The SMILES string of the molecule is CC(=O)c1cc(Cl)c2nc(C)[nH]c2c1. The number of nitrogens with zero attached hydrogens (tertiary/aromatic N) is 1. The molecular formula is C10H9ClN2O. The van der Waals surface area contributed by atoms with Crippen molar-refractivity contribution in [2.45, 2.75) is 13.8 Å². The molecule has 0 radical (unpaired) electrons. The van der Waals surface area contributed by atoms with Crippen molar-refractivity contribution in [2.75, 3.05) is 0 Å². The molecule has 2 aromatic rings. The molecule has 72 valence electrons. The second-order valence-corrected chi connectivity index (χ2v) is 3.64. The molecule has 0 saturated carbocycles. The smallest absolute Gasteiger partial charge is 0.159 e. The number of hydrogen-bond donors (Lipinski definition) is 1. The number of aromatic nitrogens is 2.